The lowest BCUT2D eigenvalue weighted by Crippen LogP contribution is -2.39. The Kier molecular flexibility index (Phi) is 10.4. The van der Waals surface area contributed by atoms with Gasteiger partial charge in [0.1, 0.15) is 12.4 Å². The predicted octanol–water partition coefficient (Wildman–Crippen LogP) is 3.35. The number of nitrogens with one attached hydrogen (secondary N) is 2. The molecule has 0 amide bonds. The minimum absolute atomic E-state index is 0. The van der Waals surface area contributed by atoms with Crippen LogP contribution in [0.25, 0.3) is 0 Å². The molecule has 2 rings (SSSR count). The summed E-state index contributed by atoms with van der Waals surface area (Å²) in [5, 5.41) is 7.61. The van der Waals surface area contributed by atoms with Gasteiger partial charge in [-0.25, -0.2) is 4.98 Å². The van der Waals surface area contributed by atoms with Crippen molar-refractivity contribution >= 4 is 41.3 Å². The second kappa shape index (κ2) is 12.0. The van der Waals surface area contributed by atoms with Gasteiger partial charge in [-0.3, -0.25) is 9.98 Å². The fourth-order valence-electron chi connectivity index (χ4n) is 1.93. The van der Waals surface area contributed by atoms with Gasteiger partial charge < -0.3 is 15.4 Å². The number of halogens is 4. The lowest BCUT2D eigenvalue weighted by molar-refractivity contribution is -0.140. The van der Waals surface area contributed by atoms with Crippen LogP contribution in [0.1, 0.15) is 17.6 Å². The Morgan fingerprint density at radius 1 is 1.33 bits per heavy atom. The molecule has 0 saturated heterocycles. The quantitative estimate of drug-likeness (QED) is 0.244. The Hall–Kier alpha value is -1.63. The van der Waals surface area contributed by atoms with Gasteiger partial charge in [0.05, 0.1) is 17.7 Å². The first-order valence-corrected chi connectivity index (χ1v) is 8.93. The van der Waals surface area contributed by atoms with Crippen molar-refractivity contribution in [2.45, 2.75) is 19.5 Å². The van der Waals surface area contributed by atoms with Gasteiger partial charge in [-0.1, -0.05) is 0 Å². The number of hydrogen-bond donors (Lipinski definition) is 2. The third kappa shape index (κ3) is 8.73. The van der Waals surface area contributed by atoms with Gasteiger partial charge in [-0.15, -0.1) is 35.3 Å². The van der Waals surface area contributed by atoms with E-state index >= 15 is 0 Å². The monoisotopic (exact) mass is 515 g/mol. The zero-order valence-corrected chi connectivity index (χ0v) is 17.8. The third-order valence-corrected chi connectivity index (χ3v) is 3.99. The molecule has 0 bridgehead atoms. The smallest absolute Gasteiger partial charge is 0.434 e. The van der Waals surface area contributed by atoms with Crippen LogP contribution >= 0.6 is 35.3 Å². The van der Waals surface area contributed by atoms with E-state index in [1.165, 1.54) is 0 Å². The SMILES string of the molecule is CCNC(=NCCc1nc(C(F)(F)F)cs1)NCCOc1cccnc1.I. The number of rotatable bonds is 8. The summed E-state index contributed by atoms with van der Waals surface area (Å²) in [5.41, 5.74) is -0.848. The van der Waals surface area contributed by atoms with E-state index in [0.717, 1.165) is 16.7 Å². The van der Waals surface area contributed by atoms with Crippen molar-refractivity contribution in [2.24, 2.45) is 4.99 Å². The highest BCUT2D eigenvalue weighted by Crippen LogP contribution is 2.30. The maximum absolute atomic E-state index is 12.5. The van der Waals surface area contributed by atoms with E-state index in [1.54, 1.807) is 18.5 Å². The molecule has 0 unspecified atom stereocenters. The second-order valence-corrected chi connectivity index (χ2v) is 6.04. The summed E-state index contributed by atoms with van der Waals surface area (Å²) in [6, 6.07) is 3.60. The molecular formula is C16H21F3IN5OS. The van der Waals surface area contributed by atoms with Crippen molar-refractivity contribution in [1.29, 1.82) is 0 Å². The Morgan fingerprint density at radius 3 is 2.78 bits per heavy atom. The second-order valence-electron chi connectivity index (χ2n) is 5.10. The number of aliphatic imine (C=N–C) groups is 1. The van der Waals surface area contributed by atoms with E-state index < -0.39 is 11.9 Å². The standard InChI is InChI=1S/C16H20F3N5OS.HI/c1-2-21-15(23-8-9-25-12-4-3-6-20-10-12)22-7-5-14-24-13(11-26-14)16(17,18)19;/h3-4,6,10-11H,2,5,7-9H2,1H3,(H2,21,22,23);1H. The molecule has 0 aliphatic carbocycles. The molecule has 6 nitrogen and oxygen atoms in total. The average Bonchev–Trinajstić information content (AvgIpc) is 3.09. The minimum Gasteiger partial charge on any atom is -0.490 e. The Labute approximate surface area is 176 Å². The molecule has 0 saturated carbocycles. The van der Waals surface area contributed by atoms with Crippen LogP contribution in [0.3, 0.4) is 0 Å². The van der Waals surface area contributed by atoms with E-state index in [-0.39, 0.29) is 24.0 Å². The topological polar surface area (TPSA) is 71.4 Å². The number of ether oxygens (including phenoxy) is 1. The number of hydrogen-bond acceptors (Lipinski definition) is 5. The van der Waals surface area contributed by atoms with Gasteiger partial charge in [0, 0.05) is 31.1 Å². The van der Waals surface area contributed by atoms with Crippen LogP contribution in [0, 0.1) is 0 Å². The number of alkyl halides is 3. The Balaban J connectivity index is 0.00000364. The van der Waals surface area contributed by atoms with Crippen LogP contribution in [-0.4, -0.2) is 42.2 Å². The first-order valence-electron chi connectivity index (χ1n) is 8.05. The summed E-state index contributed by atoms with van der Waals surface area (Å²) in [7, 11) is 0. The van der Waals surface area contributed by atoms with Crippen molar-refractivity contribution in [2.75, 3.05) is 26.2 Å². The molecule has 0 aliphatic rings. The Bertz CT molecular complexity index is 697. The molecule has 0 aliphatic heterocycles. The van der Waals surface area contributed by atoms with Crippen molar-refractivity contribution < 1.29 is 17.9 Å². The van der Waals surface area contributed by atoms with Crippen molar-refractivity contribution in [3.8, 4) is 5.75 Å². The van der Waals surface area contributed by atoms with Crippen LogP contribution < -0.4 is 15.4 Å². The summed E-state index contributed by atoms with van der Waals surface area (Å²) in [5.74, 6) is 1.26. The maximum Gasteiger partial charge on any atom is 0.434 e. The molecule has 0 radical (unpaired) electrons. The van der Waals surface area contributed by atoms with Gasteiger partial charge in [0.15, 0.2) is 11.7 Å². The van der Waals surface area contributed by atoms with Gasteiger partial charge in [0.2, 0.25) is 0 Å². The fourth-order valence-corrected chi connectivity index (χ4v) is 2.73. The summed E-state index contributed by atoms with van der Waals surface area (Å²) >= 11 is 0.993. The number of pyridine rings is 1. The van der Waals surface area contributed by atoms with E-state index in [1.807, 2.05) is 13.0 Å². The van der Waals surface area contributed by atoms with Crippen molar-refractivity contribution in [3.63, 3.8) is 0 Å². The van der Waals surface area contributed by atoms with Crippen LogP contribution in [0.5, 0.6) is 5.75 Å². The van der Waals surface area contributed by atoms with Gasteiger partial charge in [0.25, 0.3) is 0 Å². The zero-order valence-electron chi connectivity index (χ0n) is 14.6. The molecule has 0 fully saturated rings. The van der Waals surface area contributed by atoms with Gasteiger partial charge in [-0.05, 0) is 19.1 Å². The first-order chi connectivity index (χ1) is 12.5. The predicted molar refractivity (Wildman–Crippen MR) is 110 cm³/mol. The third-order valence-electron chi connectivity index (χ3n) is 3.08. The highest BCUT2D eigenvalue weighted by atomic mass is 127. The van der Waals surface area contributed by atoms with Crippen molar-refractivity contribution in [3.05, 3.63) is 40.6 Å². The van der Waals surface area contributed by atoms with E-state index in [0.29, 0.717) is 49.4 Å². The molecule has 2 aromatic rings. The molecule has 2 N–H and O–H groups in total. The van der Waals surface area contributed by atoms with E-state index in [2.05, 4.69) is 25.6 Å². The summed E-state index contributed by atoms with van der Waals surface area (Å²) in [6.07, 6.45) is -0.754. The highest BCUT2D eigenvalue weighted by Gasteiger charge is 2.33. The Morgan fingerprint density at radius 2 is 2.15 bits per heavy atom. The minimum atomic E-state index is -4.40. The van der Waals surface area contributed by atoms with Crippen LogP contribution in [0.2, 0.25) is 0 Å². The number of aromatic nitrogens is 2. The highest BCUT2D eigenvalue weighted by molar-refractivity contribution is 14.0. The number of guanidine groups is 1. The molecule has 27 heavy (non-hydrogen) atoms. The van der Waals surface area contributed by atoms with Crippen LogP contribution in [0.15, 0.2) is 34.9 Å². The van der Waals surface area contributed by atoms with E-state index in [4.69, 9.17) is 4.74 Å². The molecule has 0 spiro atoms. The summed E-state index contributed by atoms with van der Waals surface area (Å²) in [6.45, 7) is 3.89. The molecule has 0 aromatic carbocycles. The van der Waals surface area contributed by atoms with Gasteiger partial charge in [-0.2, -0.15) is 13.2 Å². The normalized spacial score (nSPS) is 11.6. The molecule has 11 heteroatoms. The molecule has 0 atom stereocenters. The number of thiazole rings is 1. The van der Waals surface area contributed by atoms with E-state index in [9.17, 15) is 13.2 Å². The van der Waals surface area contributed by atoms with Crippen molar-refractivity contribution in [1.82, 2.24) is 20.6 Å². The fraction of sp³-hybridized carbons (Fsp3) is 0.438. The largest absolute Gasteiger partial charge is 0.490 e. The summed E-state index contributed by atoms with van der Waals surface area (Å²) in [4.78, 5) is 11.9. The lowest BCUT2D eigenvalue weighted by atomic mass is 10.4. The summed E-state index contributed by atoms with van der Waals surface area (Å²) < 4.78 is 43.1. The molecule has 2 aromatic heterocycles. The van der Waals surface area contributed by atoms with Crippen LogP contribution in [0.4, 0.5) is 13.2 Å². The lowest BCUT2D eigenvalue weighted by Gasteiger charge is -2.11. The molecular weight excluding hydrogens is 494 g/mol. The molecule has 2 heterocycles. The zero-order chi connectivity index (χ0) is 18.8. The first kappa shape index (κ1) is 23.4. The number of nitrogens with zero attached hydrogens (tertiary/aromatic N) is 3. The van der Waals surface area contributed by atoms with Gasteiger partial charge >= 0.3 is 6.18 Å². The van der Waals surface area contributed by atoms with Crippen LogP contribution in [-0.2, 0) is 12.6 Å². The average molecular weight is 515 g/mol. The maximum atomic E-state index is 12.5. The molecule has 150 valence electrons.